The normalized spacial score (nSPS) is 11.4. The topological polar surface area (TPSA) is 27.1 Å². The maximum Gasteiger partial charge on any atom is 0.133 e. The first-order chi connectivity index (χ1) is 10.5. The monoisotopic (exact) mass is 298 g/mol. The molecule has 3 aromatic rings. The molecule has 3 rings (SSSR count). The molecule has 114 valence electrons. The molecule has 1 aromatic heterocycles. The molecule has 0 fully saturated rings. The van der Waals surface area contributed by atoms with Gasteiger partial charge < -0.3 is 9.30 Å². The number of nitrogens with zero attached hydrogens (tertiary/aromatic N) is 2. The van der Waals surface area contributed by atoms with Crippen molar-refractivity contribution in [1.29, 1.82) is 0 Å². The second-order valence-electron chi connectivity index (χ2n) is 5.85. The van der Waals surface area contributed by atoms with Gasteiger partial charge in [-0.1, -0.05) is 19.9 Å². The van der Waals surface area contributed by atoms with Crippen LogP contribution in [-0.4, -0.2) is 9.55 Å². The van der Waals surface area contributed by atoms with Crippen LogP contribution in [0.3, 0.4) is 0 Å². The lowest BCUT2D eigenvalue weighted by Crippen LogP contribution is -1.98. The molecule has 0 aliphatic heterocycles. The van der Waals surface area contributed by atoms with Crippen molar-refractivity contribution in [2.45, 2.75) is 26.7 Å². The third-order valence-electron chi connectivity index (χ3n) is 3.91. The molecule has 0 atom stereocenters. The highest BCUT2D eigenvalue weighted by Gasteiger charge is 2.14. The summed E-state index contributed by atoms with van der Waals surface area (Å²) >= 11 is 0. The van der Waals surface area contributed by atoms with Gasteiger partial charge in [-0.2, -0.15) is 0 Å². The number of hydrogen-bond acceptors (Lipinski definition) is 2. The predicted molar refractivity (Wildman–Crippen MR) is 86.0 cm³/mol. The average molecular weight is 298 g/mol. The van der Waals surface area contributed by atoms with Gasteiger partial charge in [-0.15, -0.1) is 0 Å². The largest absolute Gasteiger partial charge is 0.457 e. The fourth-order valence-corrected chi connectivity index (χ4v) is 2.55. The number of ether oxygens (including phenoxy) is 1. The molecule has 0 spiro atoms. The summed E-state index contributed by atoms with van der Waals surface area (Å²) in [6.07, 6.45) is 1.76. The first kappa shape index (κ1) is 14.6. The van der Waals surface area contributed by atoms with Crippen molar-refractivity contribution in [3.05, 3.63) is 53.6 Å². The Morgan fingerprint density at radius 3 is 2.68 bits per heavy atom. The minimum absolute atomic E-state index is 0.151. The van der Waals surface area contributed by atoms with Crippen molar-refractivity contribution < 1.29 is 9.13 Å². The molecule has 2 aromatic carbocycles. The first-order valence-corrected chi connectivity index (χ1v) is 7.35. The van der Waals surface area contributed by atoms with Gasteiger partial charge in [0.05, 0.1) is 17.4 Å². The molecule has 3 nitrogen and oxygen atoms in total. The van der Waals surface area contributed by atoms with E-state index in [9.17, 15) is 4.39 Å². The van der Waals surface area contributed by atoms with Crippen molar-refractivity contribution in [1.82, 2.24) is 9.55 Å². The molecule has 4 heteroatoms. The summed E-state index contributed by atoms with van der Waals surface area (Å²) in [5.74, 6) is 1.16. The zero-order chi connectivity index (χ0) is 15.9. The van der Waals surface area contributed by atoms with Crippen molar-refractivity contribution in [2.24, 2.45) is 7.05 Å². The van der Waals surface area contributed by atoms with Crippen LogP contribution in [-0.2, 0) is 7.05 Å². The predicted octanol–water partition coefficient (Wildman–Crippen LogP) is 4.94. The third kappa shape index (κ3) is 2.45. The van der Waals surface area contributed by atoms with E-state index < -0.39 is 0 Å². The second kappa shape index (κ2) is 5.44. The number of rotatable bonds is 3. The Balaban J connectivity index is 1.96. The van der Waals surface area contributed by atoms with Crippen molar-refractivity contribution in [3.63, 3.8) is 0 Å². The molecule has 0 aliphatic carbocycles. The van der Waals surface area contributed by atoms with Crippen molar-refractivity contribution >= 4 is 11.0 Å². The summed E-state index contributed by atoms with van der Waals surface area (Å²) in [4.78, 5) is 4.31. The van der Waals surface area contributed by atoms with Crippen LogP contribution in [0.1, 0.15) is 30.9 Å². The molecule has 0 aliphatic rings. The Morgan fingerprint density at radius 2 is 1.95 bits per heavy atom. The van der Waals surface area contributed by atoms with Gasteiger partial charge in [-0.25, -0.2) is 9.37 Å². The standard InChI is InChI=1S/C18H19FN2O/c1-11(2)14-6-8-17(12(3)18(14)19)22-13-5-7-16-15(9-13)20-10-21(16)4/h5-11H,1-4H3. The van der Waals surface area contributed by atoms with Crippen LogP contribution in [0.5, 0.6) is 11.5 Å². The maximum absolute atomic E-state index is 14.4. The molecule has 0 radical (unpaired) electrons. The van der Waals surface area contributed by atoms with Crippen LogP contribution < -0.4 is 4.74 Å². The SMILES string of the molecule is Cc1c(Oc2ccc3c(c2)ncn3C)ccc(C(C)C)c1F. The Kier molecular flexibility index (Phi) is 3.61. The number of benzene rings is 2. The quantitative estimate of drug-likeness (QED) is 0.685. The molecule has 0 unspecified atom stereocenters. The van der Waals surface area contributed by atoms with E-state index in [1.165, 1.54) is 0 Å². The van der Waals surface area contributed by atoms with Crippen LogP contribution in [0.15, 0.2) is 36.7 Å². The number of halogens is 1. The average Bonchev–Trinajstić information content (AvgIpc) is 2.85. The molecule has 0 amide bonds. The van der Waals surface area contributed by atoms with Gasteiger partial charge in [0.1, 0.15) is 17.3 Å². The fourth-order valence-electron chi connectivity index (χ4n) is 2.55. The van der Waals surface area contributed by atoms with Crippen LogP contribution in [0.2, 0.25) is 0 Å². The highest BCUT2D eigenvalue weighted by Crippen LogP contribution is 2.32. The minimum Gasteiger partial charge on any atom is -0.457 e. The first-order valence-electron chi connectivity index (χ1n) is 7.35. The summed E-state index contributed by atoms with van der Waals surface area (Å²) in [5, 5.41) is 0. The number of aromatic nitrogens is 2. The zero-order valence-electron chi connectivity index (χ0n) is 13.2. The van der Waals surface area contributed by atoms with E-state index in [1.807, 2.05) is 49.7 Å². The molecular weight excluding hydrogens is 279 g/mol. The van der Waals surface area contributed by atoms with Gasteiger partial charge >= 0.3 is 0 Å². The van der Waals surface area contributed by atoms with Gasteiger partial charge in [0.25, 0.3) is 0 Å². The highest BCUT2D eigenvalue weighted by atomic mass is 19.1. The summed E-state index contributed by atoms with van der Waals surface area (Å²) in [6, 6.07) is 9.31. The Labute approximate surface area is 129 Å². The van der Waals surface area contributed by atoms with Crippen LogP contribution in [0, 0.1) is 12.7 Å². The van der Waals surface area contributed by atoms with E-state index in [0.29, 0.717) is 22.6 Å². The van der Waals surface area contributed by atoms with Gasteiger partial charge in [-0.3, -0.25) is 0 Å². The van der Waals surface area contributed by atoms with Crippen LogP contribution in [0.4, 0.5) is 4.39 Å². The molecule has 0 saturated carbocycles. The van der Waals surface area contributed by atoms with Gasteiger partial charge in [0, 0.05) is 18.7 Å². The number of aryl methyl sites for hydroxylation is 1. The molecule has 0 N–H and O–H groups in total. The highest BCUT2D eigenvalue weighted by molar-refractivity contribution is 5.77. The third-order valence-corrected chi connectivity index (χ3v) is 3.91. The van der Waals surface area contributed by atoms with E-state index in [4.69, 9.17) is 4.74 Å². The molecule has 0 bridgehead atoms. The van der Waals surface area contributed by atoms with Crippen LogP contribution >= 0.6 is 0 Å². The summed E-state index contributed by atoms with van der Waals surface area (Å²) in [6.45, 7) is 5.70. The number of imidazole rings is 1. The van der Waals surface area contributed by atoms with Crippen LogP contribution in [0.25, 0.3) is 11.0 Å². The van der Waals surface area contributed by atoms with Gasteiger partial charge in [0.15, 0.2) is 0 Å². The lowest BCUT2D eigenvalue weighted by Gasteiger charge is -2.14. The summed E-state index contributed by atoms with van der Waals surface area (Å²) in [5.41, 5.74) is 3.14. The lowest BCUT2D eigenvalue weighted by atomic mass is 10.00. The van der Waals surface area contributed by atoms with E-state index >= 15 is 0 Å². The maximum atomic E-state index is 14.4. The van der Waals surface area contributed by atoms with Crippen molar-refractivity contribution in [2.75, 3.05) is 0 Å². The molecule has 1 heterocycles. The lowest BCUT2D eigenvalue weighted by molar-refractivity contribution is 0.469. The Hall–Kier alpha value is -2.36. The van der Waals surface area contributed by atoms with E-state index in [2.05, 4.69) is 4.98 Å². The molecule has 0 saturated heterocycles. The second-order valence-corrected chi connectivity index (χ2v) is 5.85. The van der Waals surface area contributed by atoms with Crippen molar-refractivity contribution in [3.8, 4) is 11.5 Å². The minimum atomic E-state index is -0.189. The summed E-state index contributed by atoms with van der Waals surface area (Å²) < 4.78 is 22.2. The van der Waals surface area contributed by atoms with E-state index in [1.54, 1.807) is 19.3 Å². The van der Waals surface area contributed by atoms with E-state index in [0.717, 1.165) is 11.0 Å². The zero-order valence-corrected chi connectivity index (χ0v) is 13.2. The Bertz CT molecular complexity index is 836. The Morgan fingerprint density at radius 1 is 1.18 bits per heavy atom. The molecule has 22 heavy (non-hydrogen) atoms. The smallest absolute Gasteiger partial charge is 0.133 e. The fraction of sp³-hybridized carbons (Fsp3) is 0.278. The summed E-state index contributed by atoms with van der Waals surface area (Å²) in [7, 11) is 1.94. The number of hydrogen-bond donors (Lipinski definition) is 0. The molecular formula is C18H19FN2O. The van der Waals surface area contributed by atoms with Gasteiger partial charge in [-0.05, 0) is 36.6 Å². The van der Waals surface area contributed by atoms with Gasteiger partial charge in [0.2, 0.25) is 0 Å². The van der Waals surface area contributed by atoms with E-state index in [-0.39, 0.29) is 11.7 Å². The number of fused-ring (bicyclic) bond motifs is 1.